The Labute approximate surface area is 218 Å². The molecule has 0 atom stereocenters. The van der Waals surface area contributed by atoms with Gasteiger partial charge in [0, 0.05) is 27.4 Å². The molecule has 0 aliphatic heterocycles. The summed E-state index contributed by atoms with van der Waals surface area (Å²) in [6, 6.07) is 43.7. The van der Waals surface area contributed by atoms with E-state index in [2.05, 4.69) is 108 Å². The van der Waals surface area contributed by atoms with Gasteiger partial charge in [0.2, 0.25) is 5.71 Å². The highest BCUT2D eigenvalue weighted by Crippen LogP contribution is 2.39. The Morgan fingerprint density at radius 2 is 1.32 bits per heavy atom. The SMILES string of the molecule is c1ccc(-c2ccc3c(n2)oc2c(-c4nc5ccc6ccccc6c5n4-c4ccccc4)cccc23)cc1. The standard InChI is InChI=1S/C34H21N3O/c1-3-11-23(12-4-1)29-21-19-27-26-16-9-17-28(32(26)38-34(27)36-29)33-35-30-20-18-22-10-7-8-15-25(22)31(30)37(33)24-13-5-2-6-14-24/h1-21H. The Balaban J connectivity index is 1.44. The fourth-order valence-electron chi connectivity index (χ4n) is 5.47. The predicted molar refractivity (Wildman–Crippen MR) is 155 cm³/mol. The third-order valence-corrected chi connectivity index (χ3v) is 7.23. The van der Waals surface area contributed by atoms with Gasteiger partial charge in [-0.1, -0.05) is 91.0 Å². The third-order valence-electron chi connectivity index (χ3n) is 7.23. The summed E-state index contributed by atoms with van der Waals surface area (Å²) in [4.78, 5) is 10.1. The zero-order valence-corrected chi connectivity index (χ0v) is 20.4. The highest BCUT2D eigenvalue weighted by atomic mass is 16.3. The highest BCUT2D eigenvalue weighted by Gasteiger charge is 2.21. The first-order valence-electron chi connectivity index (χ1n) is 12.7. The normalized spacial score (nSPS) is 11.7. The van der Waals surface area contributed by atoms with E-state index in [4.69, 9.17) is 14.4 Å². The first-order chi connectivity index (χ1) is 18.8. The van der Waals surface area contributed by atoms with Crippen LogP contribution in [-0.4, -0.2) is 14.5 Å². The van der Waals surface area contributed by atoms with Gasteiger partial charge in [0.1, 0.15) is 11.4 Å². The molecule has 0 saturated heterocycles. The van der Waals surface area contributed by atoms with Crippen LogP contribution in [0.1, 0.15) is 0 Å². The molecule has 4 nitrogen and oxygen atoms in total. The van der Waals surface area contributed by atoms with Gasteiger partial charge in [-0.2, -0.15) is 0 Å². The summed E-state index contributed by atoms with van der Waals surface area (Å²) in [6.45, 7) is 0. The van der Waals surface area contributed by atoms with Crippen molar-refractivity contribution in [3.63, 3.8) is 0 Å². The number of fused-ring (bicyclic) bond motifs is 6. The first-order valence-corrected chi connectivity index (χ1v) is 12.7. The number of hydrogen-bond donors (Lipinski definition) is 0. The molecule has 38 heavy (non-hydrogen) atoms. The lowest BCUT2D eigenvalue weighted by Crippen LogP contribution is -1.98. The van der Waals surface area contributed by atoms with Crippen LogP contribution in [0.25, 0.3) is 72.2 Å². The van der Waals surface area contributed by atoms with Crippen molar-refractivity contribution >= 4 is 43.9 Å². The molecule has 0 radical (unpaired) electrons. The number of hydrogen-bond acceptors (Lipinski definition) is 3. The minimum atomic E-state index is 0.627. The Morgan fingerprint density at radius 1 is 0.553 bits per heavy atom. The van der Waals surface area contributed by atoms with E-state index in [0.29, 0.717) is 5.71 Å². The van der Waals surface area contributed by atoms with E-state index in [0.717, 1.165) is 55.7 Å². The van der Waals surface area contributed by atoms with Crippen molar-refractivity contribution < 1.29 is 4.42 Å². The van der Waals surface area contributed by atoms with Crippen LogP contribution in [0.3, 0.4) is 0 Å². The molecule has 0 bridgehead atoms. The van der Waals surface area contributed by atoms with Crippen molar-refractivity contribution in [2.75, 3.05) is 0 Å². The predicted octanol–water partition coefficient (Wildman–Crippen LogP) is 8.81. The minimum Gasteiger partial charge on any atom is -0.437 e. The number of para-hydroxylation sites is 2. The summed E-state index contributed by atoms with van der Waals surface area (Å²) in [7, 11) is 0. The second-order valence-electron chi connectivity index (χ2n) is 9.46. The molecule has 3 aromatic heterocycles. The summed E-state index contributed by atoms with van der Waals surface area (Å²) in [5.41, 5.74) is 7.39. The fourth-order valence-corrected chi connectivity index (χ4v) is 5.47. The molecule has 8 rings (SSSR count). The number of pyridine rings is 1. The molecule has 0 spiro atoms. The smallest absolute Gasteiger partial charge is 0.227 e. The molecule has 0 aliphatic rings. The molecule has 3 heterocycles. The number of nitrogens with zero attached hydrogens (tertiary/aromatic N) is 3. The maximum Gasteiger partial charge on any atom is 0.227 e. The van der Waals surface area contributed by atoms with Gasteiger partial charge in [0.15, 0.2) is 0 Å². The lowest BCUT2D eigenvalue weighted by atomic mass is 10.1. The monoisotopic (exact) mass is 487 g/mol. The van der Waals surface area contributed by atoms with Crippen LogP contribution in [0, 0.1) is 0 Å². The van der Waals surface area contributed by atoms with Gasteiger partial charge in [-0.15, -0.1) is 0 Å². The molecule has 0 fully saturated rings. The molecule has 8 aromatic rings. The van der Waals surface area contributed by atoms with Crippen LogP contribution in [0.15, 0.2) is 132 Å². The molecular formula is C34H21N3O. The average Bonchev–Trinajstić information content (AvgIpc) is 3.56. The molecule has 0 aliphatic carbocycles. The summed E-state index contributed by atoms with van der Waals surface area (Å²) < 4.78 is 8.76. The highest BCUT2D eigenvalue weighted by molar-refractivity contribution is 6.11. The van der Waals surface area contributed by atoms with Crippen LogP contribution < -0.4 is 0 Å². The second kappa shape index (κ2) is 8.15. The van der Waals surface area contributed by atoms with E-state index in [1.165, 1.54) is 10.8 Å². The molecule has 4 heteroatoms. The van der Waals surface area contributed by atoms with Crippen LogP contribution in [0.2, 0.25) is 0 Å². The van der Waals surface area contributed by atoms with E-state index >= 15 is 0 Å². The first kappa shape index (κ1) is 20.9. The van der Waals surface area contributed by atoms with Crippen LogP contribution in [0.5, 0.6) is 0 Å². The molecule has 0 N–H and O–H groups in total. The van der Waals surface area contributed by atoms with Crippen molar-refractivity contribution in [2.24, 2.45) is 0 Å². The summed E-state index contributed by atoms with van der Waals surface area (Å²) in [6.07, 6.45) is 0. The lowest BCUT2D eigenvalue weighted by Gasteiger charge is -2.11. The van der Waals surface area contributed by atoms with Gasteiger partial charge >= 0.3 is 0 Å². The van der Waals surface area contributed by atoms with Crippen LogP contribution in [-0.2, 0) is 0 Å². The number of imidazole rings is 1. The third kappa shape index (κ3) is 3.10. The number of furan rings is 1. The van der Waals surface area contributed by atoms with Gasteiger partial charge in [-0.25, -0.2) is 9.97 Å². The summed E-state index contributed by atoms with van der Waals surface area (Å²) in [5.74, 6) is 0.843. The molecular weight excluding hydrogens is 466 g/mol. The quantitative estimate of drug-likeness (QED) is 0.250. The molecule has 0 amide bonds. The summed E-state index contributed by atoms with van der Waals surface area (Å²) in [5, 5.41) is 4.37. The second-order valence-corrected chi connectivity index (χ2v) is 9.46. The van der Waals surface area contributed by atoms with Crippen molar-refractivity contribution in [3.05, 3.63) is 127 Å². The fraction of sp³-hybridized carbons (Fsp3) is 0. The number of aromatic nitrogens is 3. The van der Waals surface area contributed by atoms with E-state index in [9.17, 15) is 0 Å². The van der Waals surface area contributed by atoms with Gasteiger partial charge < -0.3 is 4.42 Å². The van der Waals surface area contributed by atoms with Crippen molar-refractivity contribution in [2.45, 2.75) is 0 Å². The van der Waals surface area contributed by atoms with Crippen molar-refractivity contribution in [1.82, 2.24) is 14.5 Å². The van der Waals surface area contributed by atoms with Crippen LogP contribution in [0.4, 0.5) is 0 Å². The Kier molecular flexibility index (Phi) is 4.49. The van der Waals surface area contributed by atoms with Gasteiger partial charge in [0.25, 0.3) is 0 Å². The average molecular weight is 488 g/mol. The zero-order valence-electron chi connectivity index (χ0n) is 20.4. The van der Waals surface area contributed by atoms with Crippen molar-refractivity contribution in [1.29, 1.82) is 0 Å². The van der Waals surface area contributed by atoms with Crippen LogP contribution >= 0.6 is 0 Å². The van der Waals surface area contributed by atoms with E-state index in [1.807, 2.05) is 24.3 Å². The zero-order chi connectivity index (χ0) is 25.1. The molecule has 178 valence electrons. The largest absolute Gasteiger partial charge is 0.437 e. The number of benzene rings is 5. The molecule has 0 unspecified atom stereocenters. The Hall–Kier alpha value is -5.22. The van der Waals surface area contributed by atoms with E-state index in [-0.39, 0.29) is 0 Å². The lowest BCUT2D eigenvalue weighted by molar-refractivity contribution is 0.655. The van der Waals surface area contributed by atoms with Gasteiger partial charge in [-0.3, -0.25) is 4.57 Å². The van der Waals surface area contributed by atoms with Crippen molar-refractivity contribution in [3.8, 4) is 28.3 Å². The maximum atomic E-state index is 6.51. The molecule has 0 saturated carbocycles. The van der Waals surface area contributed by atoms with E-state index < -0.39 is 0 Å². The molecule has 5 aromatic carbocycles. The maximum absolute atomic E-state index is 6.51. The number of rotatable bonds is 3. The van der Waals surface area contributed by atoms with E-state index in [1.54, 1.807) is 0 Å². The Morgan fingerprint density at radius 3 is 2.18 bits per heavy atom. The Bertz CT molecular complexity index is 2120. The minimum absolute atomic E-state index is 0.627. The van der Waals surface area contributed by atoms with Gasteiger partial charge in [-0.05, 0) is 41.8 Å². The van der Waals surface area contributed by atoms with Gasteiger partial charge in [0.05, 0.1) is 22.3 Å². The topological polar surface area (TPSA) is 43.9 Å². The summed E-state index contributed by atoms with van der Waals surface area (Å²) >= 11 is 0.